The quantitative estimate of drug-likeness (QED) is 0.205. The maximum Gasteiger partial charge on any atom is 0.0948 e. The van der Waals surface area contributed by atoms with Gasteiger partial charge in [0, 0.05) is 18.4 Å². The van der Waals surface area contributed by atoms with Crippen LogP contribution in [0.1, 0.15) is 122 Å². The highest BCUT2D eigenvalue weighted by atomic mass is 15.1. The van der Waals surface area contributed by atoms with Crippen LogP contribution in [0.2, 0.25) is 0 Å². The van der Waals surface area contributed by atoms with E-state index in [4.69, 9.17) is 0 Å². The van der Waals surface area contributed by atoms with Crippen LogP contribution in [0.15, 0.2) is 49.1 Å². The van der Waals surface area contributed by atoms with Gasteiger partial charge in [-0.05, 0) is 30.7 Å². The number of nitrogens with zero attached hydrogens (tertiary/aromatic N) is 2. The molecule has 2 heteroatoms. The maximum atomic E-state index is 4.31. The molecule has 0 N–H and O–H groups in total. The molecule has 0 spiro atoms. The molecule has 174 valence electrons. The van der Waals surface area contributed by atoms with Gasteiger partial charge >= 0.3 is 0 Å². The van der Waals surface area contributed by atoms with Crippen LogP contribution in [0.5, 0.6) is 0 Å². The fraction of sp³-hybridized carbons (Fsp3) is 0.690. The normalized spacial score (nSPS) is 13.4. The van der Waals surface area contributed by atoms with Crippen molar-refractivity contribution >= 4 is 0 Å². The van der Waals surface area contributed by atoms with Gasteiger partial charge in [0.05, 0.1) is 6.33 Å². The SMILES string of the molecule is CCCCCCCCCCCCCCCC(Cc1ccccc1)C(CC)n1ccnc1. The van der Waals surface area contributed by atoms with Gasteiger partial charge in [0.25, 0.3) is 0 Å². The van der Waals surface area contributed by atoms with Crippen LogP contribution < -0.4 is 0 Å². The Hall–Kier alpha value is -1.57. The lowest BCUT2D eigenvalue weighted by Gasteiger charge is -2.28. The summed E-state index contributed by atoms with van der Waals surface area (Å²) < 4.78 is 2.34. The van der Waals surface area contributed by atoms with E-state index < -0.39 is 0 Å². The van der Waals surface area contributed by atoms with Crippen molar-refractivity contribution in [3.05, 3.63) is 54.6 Å². The second kappa shape index (κ2) is 17.0. The molecule has 1 heterocycles. The van der Waals surface area contributed by atoms with Gasteiger partial charge in [0.2, 0.25) is 0 Å². The van der Waals surface area contributed by atoms with Crippen LogP contribution in [0.4, 0.5) is 0 Å². The zero-order valence-electron chi connectivity index (χ0n) is 20.5. The first-order chi connectivity index (χ1) is 15.3. The van der Waals surface area contributed by atoms with E-state index in [1.165, 1.54) is 108 Å². The first-order valence-electron chi connectivity index (χ1n) is 13.4. The minimum atomic E-state index is 0.556. The molecule has 0 bridgehead atoms. The van der Waals surface area contributed by atoms with Gasteiger partial charge < -0.3 is 4.57 Å². The Kier molecular flexibility index (Phi) is 14.1. The first kappa shape index (κ1) is 25.7. The molecule has 2 unspecified atom stereocenters. The van der Waals surface area contributed by atoms with Crippen molar-refractivity contribution in [2.75, 3.05) is 0 Å². The smallest absolute Gasteiger partial charge is 0.0948 e. The highest BCUT2D eigenvalue weighted by Crippen LogP contribution is 2.30. The second-order valence-corrected chi connectivity index (χ2v) is 9.47. The Morgan fingerprint density at radius 1 is 0.742 bits per heavy atom. The number of benzene rings is 1. The van der Waals surface area contributed by atoms with Crippen LogP contribution in [-0.4, -0.2) is 9.55 Å². The molecular formula is C29H48N2. The number of rotatable bonds is 19. The summed E-state index contributed by atoms with van der Waals surface area (Å²) in [6.45, 7) is 4.62. The fourth-order valence-corrected chi connectivity index (χ4v) is 5.02. The van der Waals surface area contributed by atoms with Crippen molar-refractivity contribution in [1.29, 1.82) is 0 Å². The van der Waals surface area contributed by atoms with E-state index >= 15 is 0 Å². The third-order valence-corrected chi connectivity index (χ3v) is 6.89. The van der Waals surface area contributed by atoms with Gasteiger partial charge in [-0.2, -0.15) is 0 Å². The van der Waals surface area contributed by atoms with E-state index in [9.17, 15) is 0 Å². The van der Waals surface area contributed by atoms with Gasteiger partial charge in [-0.25, -0.2) is 4.98 Å². The van der Waals surface area contributed by atoms with Crippen molar-refractivity contribution in [2.24, 2.45) is 5.92 Å². The van der Waals surface area contributed by atoms with Crippen LogP contribution in [0, 0.1) is 5.92 Å². The monoisotopic (exact) mass is 424 g/mol. The zero-order chi connectivity index (χ0) is 22.0. The summed E-state index contributed by atoms with van der Waals surface area (Å²) in [7, 11) is 0. The molecule has 0 aliphatic carbocycles. The largest absolute Gasteiger partial charge is 0.334 e. The van der Waals surface area contributed by atoms with Gasteiger partial charge in [-0.1, -0.05) is 128 Å². The Morgan fingerprint density at radius 2 is 1.32 bits per heavy atom. The predicted molar refractivity (Wildman–Crippen MR) is 136 cm³/mol. The molecule has 2 rings (SSSR count). The third kappa shape index (κ3) is 11.0. The summed E-state index contributed by atoms with van der Waals surface area (Å²) in [5.74, 6) is 0.689. The second-order valence-electron chi connectivity index (χ2n) is 9.47. The van der Waals surface area contributed by atoms with E-state index in [1.54, 1.807) is 0 Å². The number of unbranched alkanes of at least 4 members (excludes halogenated alkanes) is 12. The molecule has 31 heavy (non-hydrogen) atoms. The lowest BCUT2D eigenvalue weighted by Crippen LogP contribution is -2.20. The Bertz CT molecular complexity index is 619. The van der Waals surface area contributed by atoms with Crippen molar-refractivity contribution < 1.29 is 0 Å². The summed E-state index contributed by atoms with van der Waals surface area (Å²) in [5.41, 5.74) is 1.47. The predicted octanol–water partition coefficient (Wildman–Crippen LogP) is 9.17. The summed E-state index contributed by atoms with van der Waals surface area (Å²) >= 11 is 0. The van der Waals surface area contributed by atoms with E-state index in [0.717, 1.165) is 0 Å². The highest BCUT2D eigenvalue weighted by molar-refractivity contribution is 5.15. The maximum absolute atomic E-state index is 4.31. The average molecular weight is 425 g/mol. The van der Waals surface area contributed by atoms with E-state index in [-0.39, 0.29) is 0 Å². The van der Waals surface area contributed by atoms with Crippen molar-refractivity contribution in [1.82, 2.24) is 9.55 Å². The third-order valence-electron chi connectivity index (χ3n) is 6.89. The van der Waals surface area contributed by atoms with Crippen molar-refractivity contribution in [3.8, 4) is 0 Å². The standard InChI is InChI=1S/C29H48N2/c1-3-5-6-7-8-9-10-11-12-13-14-15-19-22-28(25-27-20-17-16-18-21-27)29(4-2)31-24-23-30-26-31/h16-18,20-21,23-24,26,28-29H,3-15,19,22,25H2,1-2H3. The topological polar surface area (TPSA) is 17.8 Å². The highest BCUT2D eigenvalue weighted by Gasteiger charge is 2.21. The Labute approximate surface area is 192 Å². The van der Waals surface area contributed by atoms with Crippen LogP contribution in [0.25, 0.3) is 0 Å². The van der Waals surface area contributed by atoms with Crippen LogP contribution >= 0.6 is 0 Å². The van der Waals surface area contributed by atoms with Crippen LogP contribution in [0.3, 0.4) is 0 Å². The molecule has 2 aromatic rings. The fourth-order valence-electron chi connectivity index (χ4n) is 5.02. The Morgan fingerprint density at radius 3 is 1.84 bits per heavy atom. The van der Waals surface area contributed by atoms with Crippen LogP contribution in [-0.2, 0) is 6.42 Å². The summed E-state index contributed by atoms with van der Waals surface area (Å²) in [4.78, 5) is 4.31. The lowest BCUT2D eigenvalue weighted by molar-refractivity contribution is 0.290. The van der Waals surface area contributed by atoms with Gasteiger partial charge in [0.15, 0.2) is 0 Å². The molecule has 2 atom stereocenters. The molecule has 2 nitrogen and oxygen atoms in total. The average Bonchev–Trinajstić information content (AvgIpc) is 3.32. The molecule has 0 saturated heterocycles. The van der Waals surface area contributed by atoms with Crippen molar-refractivity contribution in [2.45, 2.75) is 123 Å². The molecule has 0 amide bonds. The van der Waals surface area contributed by atoms with E-state index in [1.807, 2.05) is 12.5 Å². The summed E-state index contributed by atoms with van der Waals surface area (Å²) in [6.07, 6.45) is 28.3. The molecule has 0 saturated carbocycles. The van der Waals surface area contributed by atoms with E-state index in [2.05, 4.69) is 59.9 Å². The van der Waals surface area contributed by atoms with Gasteiger partial charge in [-0.3, -0.25) is 0 Å². The molecule has 1 aromatic carbocycles. The first-order valence-corrected chi connectivity index (χ1v) is 13.4. The molecule has 0 radical (unpaired) electrons. The number of imidazole rings is 1. The summed E-state index contributed by atoms with van der Waals surface area (Å²) in [5, 5.41) is 0. The van der Waals surface area contributed by atoms with E-state index in [0.29, 0.717) is 12.0 Å². The van der Waals surface area contributed by atoms with Crippen molar-refractivity contribution in [3.63, 3.8) is 0 Å². The lowest BCUT2D eigenvalue weighted by atomic mass is 9.86. The molecule has 0 aliphatic heterocycles. The number of hydrogen-bond donors (Lipinski definition) is 0. The van der Waals surface area contributed by atoms with Gasteiger partial charge in [0.1, 0.15) is 0 Å². The molecule has 0 aliphatic rings. The minimum absolute atomic E-state index is 0.556. The van der Waals surface area contributed by atoms with Gasteiger partial charge in [-0.15, -0.1) is 0 Å². The molecule has 0 fully saturated rings. The number of aromatic nitrogens is 2. The number of hydrogen-bond acceptors (Lipinski definition) is 1. The minimum Gasteiger partial charge on any atom is -0.334 e. The molecule has 1 aromatic heterocycles. The summed E-state index contributed by atoms with van der Waals surface area (Å²) in [6, 6.07) is 11.6. The Balaban J connectivity index is 1.63. The zero-order valence-corrected chi connectivity index (χ0v) is 20.5. The molecular weight excluding hydrogens is 376 g/mol.